The maximum atomic E-state index is 7.43. The Labute approximate surface area is 190 Å². The van der Waals surface area contributed by atoms with Gasteiger partial charge in [0.05, 0.1) is 12.7 Å². The van der Waals surface area contributed by atoms with Crippen molar-refractivity contribution in [3.8, 4) is 0 Å². The van der Waals surface area contributed by atoms with Crippen molar-refractivity contribution < 1.29 is 13.9 Å². The molecule has 0 amide bonds. The molecule has 3 rings (SSSR count). The van der Waals surface area contributed by atoms with Gasteiger partial charge in [0.2, 0.25) is 0 Å². The summed E-state index contributed by atoms with van der Waals surface area (Å²) in [6.45, 7) is 13.8. The van der Waals surface area contributed by atoms with E-state index in [2.05, 4.69) is 88.4 Å². The number of benzene rings is 2. The van der Waals surface area contributed by atoms with Crippen molar-refractivity contribution in [2.75, 3.05) is 6.61 Å². The summed E-state index contributed by atoms with van der Waals surface area (Å²) in [7, 11) is -2.62. The monoisotopic (exact) mass is 440 g/mol. The molecule has 0 saturated carbocycles. The first-order chi connectivity index (χ1) is 14.7. The minimum atomic E-state index is -2.62. The molecule has 0 spiro atoms. The molecule has 1 aliphatic heterocycles. The molecule has 2 atom stereocenters. The predicted molar refractivity (Wildman–Crippen MR) is 132 cm³/mol. The summed E-state index contributed by atoms with van der Waals surface area (Å²) in [6.07, 6.45) is 4.48. The van der Waals surface area contributed by atoms with E-state index in [4.69, 9.17) is 13.9 Å². The smallest absolute Gasteiger partial charge is 0.261 e. The van der Waals surface area contributed by atoms with Crippen LogP contribution in [0, 0.1) is 0 Å². The van der Waals surface area contributed by atoms with Gasteiger partial charge in [-0.05, 0) is 35.7 Å². The van der Waals surface area contributed by atoms with E-state index < -0.39 is 14.1 Å². The van der Waals surface area contributed by atoms with E-state index in [-0.39, 0.29) is 17.2 Å². The van der Waals surface area contributed by atoms with E-state index in [9.17, 15) is 0 Å². The zero-order chi connectivity index (χ0) is 22.5. The molecule has 1 aliphatic rings. The van der Waals surface area contributed by atoms with Crippen molar-refractivity contribution in [1.82, 2.24) is 0 Å². The fraction of sp³-hybridized carbons (Fsp3) is 0.556. The summed E-state index contributed by atoms with van der Waals surface area (Å²) in [4.78, 5) is 0. The fourth-order valence-corrected chi connectivity index (χ4v) is 9.47. The van der Waals surface area contributed by atoms with Gasteiger partial charge in [0.25, 0.3) is 8.32 Å². The third-order valence-corrected chi connectivity index (χ3v) is 11.3. The van der Waals surface area contributed by atoms with Crippen molar-refractivity contribution in [2.45, 2.75) is 90.3 Å². The molecule has 0 N–H and O–H groups in total. The Morgan fingerprint density at radius 1 is 0.968 bits per heavy atom. The normalized spacial score (nSPS) is 20.0. The number of ether oxygens (including phenoxy) is 2. The van der Waals surface area contributed by atoms with E-state index in [1.54, 1.807) is 0 Å². The standard InChI is InChI=1S/C27H40O3Si/c1-7-8-11-20-24(25-21-28-27(5,6)29-25)30-31(26(2,3)4,22-16-12-9-13-17-22)23-18-14-10-15-19-23/h9-10,12-19,24-25H,7-8,11,20-21H2,1-6H3/t24-,25+/m0/s1. The summed E-state index contributed by atoms with van der Waals surface area (Å²) in [5, 5.41) is 2.58. The van der Waals surface area contributed by atoms with E-state index in [1.807, 2.05) is 13.8 Å². The lowest BCUT2D eigenvalue weighted by Gasteiger charge is -2.46. The molecule has 0 radical (unpaired) electrons. The average molecular weight is 441 g/mol. The molecule has 3 nitrogen and oxygen atoms in total. The summed E-state index contributed by atoms with van der Waals surface area (Å²) < 4.78 is 19.7. The number of hydrogen-bond donors (Lipinski definition) is 0. The zero-order valence-electron chi connectivity index (χ0n) is 20.2. The third-order valence-electron chi connectivity index (χ3n) is 6.28. The Kier molecular flexibility index (Phi) is 7.80. The second kappa shape index (κ2) is 9.99. The second-order valence-corrected chi connectivity index (χ2v) is 14.4. The van der Waals surface area contributed by atoms with E-state index >= 15 is 0 Å². The van der Waals surface area contributed by atoms with Crippen LogP contribution in [0.25, 0.3) is 0 Å². The van der Waals surface area contributed by atoms with Crippen LogP contribution < -0.4 is 10.4 Å². The van der Waals surface area contributed by atoms with Crippen molar-refractivity contribution in [3.05, 3.63) is 60.7 Å². The van der Waals surface area contributed by atoms with Crippen LogP contribution in [-0.2, 0) is 13.9 Å². The van der Waals surface area contributed by atoms with Crippen LogP contribution in [0.5, 0.6) is 0 Å². The van der Waals surface area contributed by atoms with Gasteiger partial charge in [0, 0.05) is 0 Å². The molecular weight excluding hydrogens is 400 g/mol. The van der Waals surface area contributed by atoms with Gasteiger partial charge in [-0.25, -0.2) is 0 Å². The molecule has 1 saturated heterocycles. The van der Waals surface area contributed by atoms with Gasteiger partial charge < -0.3 is 13.9 Å². The van der Waals surface area contributed by atoms with E-state index in [0.29, 0.717) is 6.61 Å². The minimum Gasteiger partial charge on any atom is -0.402 e. The SMILES string of the molecule is CCCCC[C@H](O[Si](c1ccccc1)(c1ccccc1)C(C)(C)C)[C@H]1COC(C)(C)O1. The van der Waals surface area contributed by atoms with Crippen molar-refractivity contribution in [3.63, 3.8) is 0 Å². The molecular formula is C27H40O3Si. The molecule has 0 aromatic heterocycles. The lowest BCUT2D eigenvalue weighted by atomic mass is 10.1. The minimum absolute atomic E-state index is 0.000344. The fourth-order valence-electron chi connectivity index (χ4n) is 4.73. The summed E-state index contributed by atoms with van der Waals surface area (Å²) in [6, 6.07) is 21.7. The van der Waals surface area contributed by atoms with Crippen LogP contribution in [0.15, 0.2) is 60.7 Å². The van der Waals surface area contributed by atoms with E-state index in [0.717, 1.165) is 12.8 Å². The van der Waals surface area contributed by atoms with Gasteiger partial charge in [-0.1, -0.05) is 108 Å². The quantitative estimate of drug-likeness (QED) is 0.372. The van der Waals surface area contributed by atoms with Crippen molar-refractivity contribution >= 4 is 18.7 Å². The van der Waals surface area contributed by atoms with Crippen LogP contribution >= 0.6 is 0 Å². The second-order valence-electron chi connectivity index (χ2n) is 10.2. The first-order valence-corrected chi connectivity index (χ1v) is 13.7. The molecule has 170 valence electrons. The van der Waals surface area contributed by atoms with Gasteiger partial charge in [-0.3, -0.25) is 0 Å². The highest BCUT2D eigenvalue weighted by atomic mass is 28.4. The Hall–Kier alpha value is -1.46. The summed E-state index contributed by atoms with van der Waals surface area (Å²) >= 11 is 0. The maximum absolute atomic E-state index is 7.43. The Morgan fingerprint density at radius 3 is 1.94 bits per heavy atom. The molecule has 0 aliphatic carbocycles. The lowest BCUT2D eigenvalue weighted by molar-refractivity contribution is -0.150. The molecule has 31 heavy (non-hydrogen) atoms. The first kappa shape index (κ1) is 24.2. The van der Waals surface area contributed by atoms with Crippen LogP contribution in [0.1, 0.15) is 67.2 Å². The summed E-state index contributed by atoms with van der Waals surface area (Å²) in [5.74, 6) is -0.553. The van der Waals surface area contributed by atoms with Crippen LogP contribution in [0.2, 0.25) is 5.04 Å². The van der Waals surface area contributed by atoms with Crippen LogP contribution in [-0.4, -0.2) is 32.9 Å². The largest absolute Gasteiger partial charge is 0.402 e. The van der Waals surface area contributed by atoms with Crippen molar-refractivity contribution in [1.29, 1.82) is 0 Å². The van der Waals surface area contributed by atoms with Crippen molar-refractivity contribution in [2.24, 2.45) is 0 Å². The Balaban J connectivity index is 2.08. The zero-order valence-corrected chi connectivity index (χ0v) is 21.2. The van der Waals surface area contributed by atoms with E-state index in [1.165, 1.54) is 23.2 Å². The lowest BCUT2D eigenvalue weighted by Crippen LogP contribution is -2.68. The Bertz CT molecular complexity index is 759. The predicted octanol–water partition coefficient (Wildman–Crippen LogP) is 5.66. The van der Waals surface area contributed by atoms with Crippen LogP contribution in [0.4, 0.5) is 0 Å². The van der Waals surface area contributed by atoms with Gasteiger partial charge >= 0.3 is 0 Å². The number of hydrogen-bond acceptors (Lipinski definition) is 3. The van der Waals surface area contributed by atoms with Gasteiger partial charge in [-0.15, -0.1) is 0 Å². The molecule has 2 aromatic carbocycles. The van der Waals surface area contributed by atoms with Gasteiger partial charge in [0.15, 0.2) is 5.79 Å². The Morgan fingerprint density at radius 2 is 1.52 bits per heavy atom. The topological polar surface area (TPSA) is 27.7 Å². The maximum Gasteiger partial charge on any atom is 0.261 e. The first-order valence-electron chi connectivity index (χ1n) is 11.8. The molecule has 1 heterocycles. The molecule has 2 aromatic rings. The highest BCUT2D eigenvalue weighted by Gasteiger charge is 2.53. The van der Waals surface area contributed by atoms with Gasteiger partial charge in [-0.2, -0.15) is 0 Å². The number of unbranched alkanes of at least 4 members (excludes halogenated alkanes) is 2. The van der Waals surface area contributed by atoms with Crippen LogP contribution in [0.3, 0.4) is 0 Å². The molecule has 1 fully saturated rings. The third kappa shape index (κ3) is 5.48. The highest BCUT2D eigenvalue weighted by Crippen LogP contribution is 2.39. The molecule has 4 heteroatoms. The van der Waals surface area contributed by atoms with Gasteiger partial charge in [0.1, 0.15) is 6.10 Å². The highest BCUT2D eigenvalue weighted by molar-refractivity contribution is 6.99. The molecule has 0 bridgehead atoms. The molecule has 0 unspecified atom stereocenters. The number of rotatable bonds is 9. The average Bonchev–Trinajstić information content (AvgIpc) is 3.10. The summed E-state index contributed by atoms with van der Waals surface area (Å²) in [5.41, 5.74) is 0.